The van der Waals surface area contributed by atoms with E-state index in [4.69, 9.17) is 5.11 Å². The van der Waals surface area contributed by atoms with Crippen LogP contribution in [0.15, 0.2) is 24.3 Å². The summed E-state index contributed by atoms with van der Waals surface area (Å²) in [6, 6.07) is 6.82. The number of likely N-dealkylation sites (tertiary alicyclic amines) is 1. The number of carbonyl (C=O) groups excluding carboxylic acids is 2. The molecule has 0 bridgehead atoms. The van der Waals surface area contributed by atoms with Gasteiger partial charge >= 0.3 is 5.97 Å². The van der Waals surface area contributed by atoms with E-state index in [9.17, 15) is 14.4 Å². The standard InChI is InChI=1S/C19H25NO4/c1-2-3-5-14-7-9-15(10-8-14)17(21)11-12-18(22)20-13-4-6-16(20)19(23)24/h7-10,16H,2-6,11-13H2,1H3,(H,23,24)/t16-/m0/s1. The smallest absolute Gasteiger partial charge is 0.326 e. The Morgan fingerprint density at radius 1 is 1.17 bits per heavy atom. The summed E-state index contributed by atoms with van der Waals surface area (Å²) in [4.78, 5) is 36.9. The van der Waals surface area contributed by atoms with Gasteiger partial charge in [-0.05, 0) is 31.2 Å². The minimum atomic E-state index is -0.963. The molecule has 1 fully saturated rings. The molecule has 1 aromatic carbocycles. The SMILES string of the molecule is CCCCc1ccc(C(=O)CCC(=O)N2CCC[C@H]2C(=O)O)cc1. The predicted octanol–water partition coefficient (Wildman–Crippen LogP) is 3.07. The first-order valence-electron chi connectivity index (χ1n) is 8.67. The number of hydrogen-bond donors (Lipinski definition) is 1. The summed E-state index contributed by atoms with van der Waals surface area (Å²) < 4.78 is 0. The van der Waals surface area contributed by atoms with Crippen LogP contribution in [0.4, 0.5) is 0 Å². The first kappa shape index (κ1) is 18.2. The largest absolute Gasteiger partial charge is 0.480 e. The number of aliphatic carboxylic acids is 1. The van der Waals surface area contributed by atoms with Gasteiger partial charge in [0, 0.05) is 24.9 Å². The molecule has 1 atom stereocenters. The molecular weight excluding hydrogens is 306 g/mol. The average molecular weight is 331 g/mol. The molecule has 0 spiro atoms. The molecule has 5 nitrogen and oxygen atoms in total. The van der Waals surface area contributed by atoms with Crippen molar-refractivity contribution in [2.45, 2.75) is 57.9 Å². The number of carbonyl (C=O) groups is 3. The molecule has 5 heteroatoms. The number of rotatable bonds is 8. The van der Waals surface area contributed by atoms with Crippen LogP contribution in [-0.4, -0.2) is 40.3 Å². The summed E-state index contributed by atoms with van der Waals surface area (Å²) in [6.07, 6.45) is 4.66. The summed E-state index contributed by atoms with van der Waals surface area (Å²) in [5.41, 5.74) is 1.82. The molecule has 1 heterocycles. The van der Waals surface area contributed by atoms with E-state index in [1.807, 2.05) is 24.3 Å². The zero-order chi connectivity index (χ0) is 17.5. The number of aryl methyl sites for hydroxylation is 1. The molecule has 1 saturated heterocycles. The number of Topliss-reactive ketones (excluding diaryl/α,β-unsaturated/α-hetero) is 1. The summed E-state index contributed by atoms with van der Waals surface area (Å²) in [5, 5.41) is 9.11. The highest BCUT2D eigenvalue weighted by atomic mass is 16.4. The third-order valence-corrected chi connectivity index (χ3v) is 4.52. The van der Waals surface area contributed by atoms with Crippen LogP contribution in [0.5, 0.6) is 0 Å². The van der Waals surface area contributed by atoms with Crippen LogP contribution in [0.1, 0.15) is 61.4 Å². The Balaban J connectivity index is 1.86. The fraction of sp³-hybridized carbons (Fsp3) is 0.526. The Labute approximate surface area is 142 Å². The van der Waals surface area contributed by atoms with Gasteiger partial charge in [0.05, 0.1) is 0 Å². The number of hydrogen-bond acceptors (Lipinski definition) is 3. The Bertz CT molecular complexity index is 594. The van der Waals surface area contributed by atoms with E-state index in [0.717, 1.165) is 19.3 Å². The Morgan fingerprint density at radius 3 is 2.50 bits per heavy atom. The van der Waals surface area contributed by atoms with Gasteiger partial charge in [0.2, 0.25) is 5.91 Å². The monoisotopic (exact) mass is 331 g/mol. The van der Waals surface area contributed by atoms with E-state index in [1.165, 1.54) is 10.5 Å². The topological polar surface area (TPSA) is 74.7 Å². The van der Waals surface area contributed by atoms with Gasteiger partial charge in [0.1, 0.15) is 6.04 Å². The molecule has 0 radical (unpaired) electrons. The first-order valence-corrected chi connectivity index (χ1v) is 8.67. The summed E-state index contributed by atoms with van der Waals surface area (Å²) in [7, 11) is 0. The fourth-order valence-electron chi connectivity index (χ4n) is 3.07. The van der Waals surface area contributed by atoms with Crippen LogP contribution >= 0.6 is 0 Å². The van der Waals surface area contributed by atoms with Gasteiger partial charge in [0.25, 0.3) is 0 Å². The zero-order valence-electron chi connectivity index (χ0n) is 14.2. The van der Waals surface area contributed by atoms with Crippen LogP contribution in [0, 0.1) is 0 Å². The molecule has 1 aliphatic rings. The predicted molar refractivity (Wildman–Crippen MR) is 91.0 cm³/mol. The van der Waals surface area contributed by atoms with Crippen molar-refractivity contribution in [2.75, 3.05) is 6.54 Å². The highest BCUT2D eigenvalue weighted by Crippen LogP contribution is 2.19. The second kappa shape index (κ2) is 8.62. The molecule has 0 saturated carbocycles. The number of ketones is 1. The van der Waals surface area contributed by atoms with Crippen LogP contribution in [0.3, 0.4) is 0 Å². The normalized spacial score (nSPS) is 17.0. The van der Waals surface area contributed by atoms with Gasteiger partial charge in [-0.15, -0.1) is 0 Å². The number of carboxylic acids is 1. The molecule has 0 aliphatic carbocycles. The van der Waals surface area contributed by atoms with Crippen molar-refractivity contribution in [3.8, 4) is 0 Å². The Kier molecular flexibility index (Phi) is 6.53. The number of unbranched alkanes of at least 4 members (excludes halogenated alkanes) is 1. The maximum absolute atomic E-state index is 12.2. The zero-order valence-corrected chi connectivity index (χ0v) is 14.2. The highest BCUT2D eigenvalue weighted by Gasteiger charge is 2.33. The second-order valence-corrected chi connectivity index (χ2v) is 6.31. The molecule has 2 rings (SSSR count). The number of benzene rings is 1. The van der Waals surface area contributed by atoms with E-state index in [-0.39, 0.29) is 24.5 Å². The highest BCUT2D eigenvalue weighted by molar-refractivity contribution is 5.98. The lowest BCUT2D eigenvalue weighted by Crippen LogP contribution is -2.40. The third-order valence-electron chi connectivity index (χ3n) is 4.52. The Morgan fingerprint density at radius 2 is 1.88 bits per heavy atom. The van der Waals surface area contributed by atoms with Crippen molar-refractivity contribution in [3.63, 3.8) is 0 Å². The van der Waals surface area contributed by atoms with E-state index in [1.54, 1.807) is 0 Å². The van der Waals surface area contributed by atoms with Crippen LogP contribution < -0.4 is 0 Å². The van der Waals surface area contributed by atoms with Crippen molar-refractivity contribution in [1.82, 2.24) is 4.90 Å². The average Bonchev–Trinajstić information content (AvgIpc) is 3.08. The van der Waals surface area contributed by atoms with Crippen molar-refractivity contribution >= 4 is 17.7 Å². The molecule has 1 aromatic rings. The summed E-state index contributed by atoms with van der Waals surface area (Å²) in [5.74, 6) is -1.28. The lowest BCUT2D eigenvalue weighted by molar-refractivity contribution is -0.148. The maximum Gasteiger partial charge on any atom is 0.326 e. The molecule has 1 aliphatic heterocycles. The summed E-state index contributed by atoms with van der Waals surface area (Å²) in [6.45, 7) is 2.61. The third kappa shape index (κ3) is 4.66. The molecule has 1 N–H and O–H groups in total. The van der Waals surface area contributed by atoms with E-state index < -0.39 is 12.0 Å². The van der Waals surface area contributed by atoms with Gasteiger partial charge in [-0.2, -0.15) is 0 Å². The van der Waals surface area contributed by atoms with Gasteiger partial charge in [-0.25, -0.2) is 4.79 Å². The van der Waals surface area contributed by atoms with Crippen LogP contribution in [0.2, 0.25) is 0 Å². The molecule has 24 heavy (non-hydrogen) atoms. The van der Waals surface area contributed by atoms with E-state index in [0.29, 0.717) is 24.9 Å². The van der Waals surface area contributed by atoms with Crippen molar-refractivity contribution < 1.29 is 19.5 Å². The maximum atomic E-state index is 12.2. The molecule has 0 unspecified atom stereocenters. The van der Waals surface area contributed by atoms with Crippen LogP contribution in [0.25, 0.3) is 0 Å². The number of carboxylic acid groups (broad SMARTS) is 1. The molecular formula is C19H25NO4. The minimum absolute atomic E-state index is 0.0696. The second-order valence-electron chi connectivity index (χ2n) is 6.31. The van der Waals surface area contributed by atoms with Crippen LogP contribution in [-0.2, 0) is 16.0 Å². The molecule has 0 aromatic heterocycles. The number of amides is 1. The van der Waals surface area contributed by atoms with Gasteiger partial charge in [-0.3, -0.25) is 9.59 Å². The molecule has 1 amide bonds. The van der Waals surface area contributed by atoms with Gasteiger partial charge in [-0.1, -0.05) is 37.6 Å². The van der Waals surface area contributed by atoms with E-state index >= 15 is 0 Å². The van der Waals surface area contributed by atoms with Gasteiger partial charge < -0.3 is 10.0 Å². The summed E-state index contributed by atoms with van der Waals surface area (Å²) >= 11 is 0. The lowest BCUT2D eigenvalue weighted by atomic mass is 10.0. The van der Waals surface area contributed by atoms with Crippen molar-refractivity contribution in [2.24, 2.45) is 0 Å². The van der Waals surface area contributed by atoms with E-state index in [2.05, 4.69) is 6.92 Å². The Hall–Kier alpha value is -2.17. The van der Waals surface area contributed by atoms with Crippen molar-refractivity contribution in [1.29, 1.82) is 0 Å². The molecule has 130 valence electrons. The van der Waals surface area contributed by atoms with Gasteiger partial charge in [0.15, 0.2) is 5.78 Å². The fourth-order valence-corrected chi connectivity index (χ4v) is 3.07. The minimum Gasteiger partial charge on any atom is -0.480 e. The number of nitrogens with zero attached hydrogens (tertiary/aromatic N) is 1. The quantitative estimate of drug-likeness (QED) is 0.743. The lowest BCUT2D eigenvalue weighted by Gasteiger charge is -2.21. The van der Waals surface area contributed by atoms with Crippen molar-refractivity contribution in [3.05, 3.63) is 35.4 Å². The first-order chi connectivity index (χ1) is 11.5.